The van der Waals surface area contributed by atoms with Crippen LogP contribution in [-0.2, 0) is 0 Å². The molecule has 0 aliphatic carbocycles. The molecule has 0 saturated carbocycles. The smallest absolute Gasteiger partial charge is 0.255 e. The lowest BCUT2D eigenvalue weighted by molar-refractivity contribution is 0.0721. The van der Waals surface area contributed by atoms with Crippen molar-refractivity contribution in [2.24, 2.45) is 0 Å². The van der Waals surface area contributed by atoms with Crippen molar-refractivity contribution in [2.75, 3.05) is 11.9 Å². The van der Waals surface area contributed by atoms with E-state index in [2.05, 4.69) is 25.3 Å². The quantitative estimate of drug-likeness (QED) is 0.364. The Labute approximate surface area is 210 Å². The summed E-state index contributed by atoms with van der Waals surface area (Å²) >= 11 is 3.13. The summed E-state index contributed by atoms with van der Waals surface area (Å²) < 4.78 is 13.2. The number of anilines is 2. The number of carbonyl (C=O) groups excluding carboxylic acids is 1. The third kappa shape index (κ3) is 4.98. The molecule has 1 aliphatic heterocycles. The van der Waals surface area contributed by atoms with Gasteiger partial charge >= 0.3 is 0 Å². The highest BCUT2D eigenvalue weighted by Gasteiger charge is 2.25. The van der Waals surface area contributed by atoms with E-state index >= 15 is 0 Å². The molecule has 0 spiro atoms. The van der Waals surface area contributed by atoms with Gasteiger partial charge < -0.3 is 10.2 Å². The maximum absolute atomic E-state index is 13.2. The third-order valence-electron chi connectivity index (χ3n) is 5.76. The van der Waals surface area contributed by atoms with Crippen LogP contribution in [0.4, 0.5) is 15.3 Å². The first kappa shape index (κ1) is 23.3. The van der Waals surface area contributed by atoms with Crippen LogP contribution in [0.2, 0.25) is 0 Å². The molecule has 1 aliphatic rings. The standard InChI is InChI=1S/C25H23FN6OS2/c1-14-10-17(20-6-5-19(26)12-27-20)8-9-32(14)24(33)18-4-7-22(28-11-18)31-25-30-21(13-34-25)23-15(2)29-16(3)35-23/h4-7,10-14H,8-9H2,1-3H3,(H,28,30,31). The number of nitrogens with one attached hydrogen (secondary N) is 1. The normalized spacial score (nSPS) is 15.7. The molecule has 1 N–H and O–H groups in total. The second-order valence-electron chi connectivity index (χ2n) is 8.29. The molecule has 0 fully saturated rings. The molecular formula is C25H23FN6OS2. The zero-order chi connectivity index (χ0) is 24.5. The number of pyridine rings is 2. The number of hydrogen-bond acceptors (Lipinski definition) is 8. The summed E-state index contributed by atoms with van der Waals surface area (Å²) in [5, 5.41) is 6.96. The molecule has 4 aromatic heterocycles. The van der Waals surface area contributed by atoms with E-state index in [0.717, 1.165) is 37.7 Å². The molecule has 178 valence electrons. The Hall–Kier alpha value is -3.50. The van der Waals surface area contributed by atoms with Crippen LogP contribution < -0.4 is 5.32 Å². The summed E-state index contributed by atoms with van der Waals surface area (Å²) in [5.41, 5.74) is 4.16. The highest BCUT2D eigenvalue weighted by molar-refractivity contribution is 7.16. The van der Waals surface area contributed by atoms with Crippen LogP contribution in [0.1, 0.15) is 40.1 Å². The zero-order valence-electron chi connectivity index (χ0n) is 19.4. The van der Waals surface area contributed by atoms with E-state index in [4.69, 9.17) is 0 Å². The number of nitrogens with zero attached hydrogens (tertiary/aromatic N) is 5. The van der Waals surface area contributed by atoms with Crippen LogP contribution in [0.5, 0.6) is 0 Å². The molecule has 10 heteroatoms. The fourth-order valence-corrected chi connectivity index (χ4v) is 5.71. The number of aromatic nitrogens is 4. The average Bonchev–Trinajstić information content (AvgIpc) is 3.44. The van der Waals surface area contributed by atoms with Crippen LogP contribution in [0.15, 0.2) is 48.1 Å². The highest BCUT2D eigenvalue weighted by atomic mass is 32.1. The summed E-state index contributed by atoms with van der Waals surface area (Å²) in [6.07, 6.45) is 5.47. The average molecular weight is 507 g/mol. The molecule has 7 nitrogen and oxygen atoms in total. The van der Waals surface area contributed by atoms with Crippen molar-refractivity contribution in [3.63, 3.8) is 0 Å². The lowest BCUT2D eigenvalue weighted by Gasteiger charge is -2.32. The van der Waals surface area contributed by atoms with Gasteiger partial charge in [0.05, 0.1) is 38.7 Å². The van der Waals surface area contributed by atoms with Crippen molar-refractivity contribution < 1.29 is 9.18 Å². The van der Waals surface area contributed by atoms with Crippen molar-refractivity contribution in [1.29, 1.82) is 0 Å². The van der Waals surface area contributed by atoms with Gasteiger partial charge in [0.1, 0.15) is 11.6 Å². The van der Waals surface area contributed by atoms with Crippen LogP contribution >= 0.6 is 22.7 Å². The number of hydrogen-bond donors (Lipinski definition) is 1. The van der Waals surface area contributed by atoms with Gasteiger partial charge in [0, 0.05) is 24.2 Å². The predicted molar refractivity (Wildman–Crippen MR) is 138 cm³/mol. The molecule has 5 rings (SSSR count). The van der Waals surface area contributed by atoms with Crippen LogP contribution in [0, 0.1) is 19.7 Å². The van der Waals surface area contributed by atoms with Gasteiger partial charge in [-0.25, -0.2) is 19.3 Å². The Morgan fingerprint density at radius 2 is 1.97 bits per heavy atom. The topological polar surface area (TPSA) is 83.9 Å². The van der Waals surface area contributed by atoms with Gasteiger partial charge in [-0.15, -0.1) is 22.7 Å². The number of thiazole rings is 2. The van der Waals surface area contributed by atoms with Gasteiger partial charge in [0.25, 0.3) is 5.91 Å². The maximum Gasteiger partial charge on any atom is 0.255 e. The van der Waals surface area contributed by atoms with Crippen molar-refractivity contribution in [2.45, 2.75) is 33.2 Å². The molecule has 4 aromatic rings. The van der Waals surface area contributed by atoms with Crippen LogP contribution in [0.3, 0.4) is 0 Å². The summed E-state index contributed by atoms with van der Waals surface area (Å²) in [6.45, 7) is 6.50. The lowest BCUT2D eigenvalue weighted by atomic mass is 9.99. The van der Waals surface area contributed by atoms with Gasteiger partial charge in [-0.3, -0.25) is 9.78 Å². The van der Waals surface area contributed by atoms with Gasteiger partial charge in [0.15, 0.2) is 5.13 Å². The van der Waals surface area contributed by atoms with E-state index < -0.39 is 0 Å². The van der Waals surface area contributed by atoms with Crippen LogP contribution in [0.25, 0.3) is 16.1 Å². The second-order valence-corrected chi connectivity index (χ2v) is 10.3. The van der Waals surface area contributed by atoms with Crippen molar-refractivity contribution >= 4 is 45.1 Å². The van der Waals surface area contributed by atoms with Gasteiger partial charge in [-0.2, -0.15) is 0 Å². The first-order valence-corrected chi connectivity index (χ1v) is 12.8. The molecule has 5 heterocycles. The Balaban J connectivity index is 1.25. The van der Waals surface area contributed by atoms with E-state index in [1.807, 2.05) is 37.1 Å². The molecule has 1 atom stereocenters. The van der Waals surface area contributed by atoms with E-state index in [-0.39, 0.29) is 17.8 Å². The highest BCUT2D eigenvalue weighted by Crippen LogP contribution is 2.33. The fraction of sp³-hybridized carbons (Fsp3) is 0.240. The number of amides is 1. The monoisotopic (exact) mass is 506 g/mol. The molecular weight excluding hydrogens is 483 g/mol. The van der Waals surface area contributed by atoms with Gasteiger partial charge in [-0.1, -0.05) is 6.08 Å². The fourth-order valence-electron chi connectivity index (χ4n) is 4.05. The molecule has 0 bridgehead atoms. The number of rotatable bonds is 5. The minimum Gasteiger partial charge on any atom is -0.332 e. The first-order valence-electron chi connectivity index (χ1n) is 11.1. The molecule has 0 aromatic carbocycles. The number of halogens is 1. The van der Waals surface area contributed by atoms with E-state index in [1.54, 1.807) is 35.7 Å². The molecule has 0 saturated heterocycles. The van der Waals surface area contributed by atoms with E-state index in [0.29, 0.717) is 24.3 Å². The van der Waals surface area contributed by atoms with Crippen molar-refractivity contribution in [3.05, 3.63) is 75.9 Å². The van der Waals surface area contributed by atoms with Gasteiger partial charge in [-0.05, 0) is 57.0 Å². The number of aryl methyl sites for hydroxylation is 2. The third-order valence-corrected chi connectivity index (χ3v) is 7.61. The predicted octanol–water partition coefficient (Wildman–Crippen LogP) is 5.87. The summed E-state index contributed by atoms with van der Waals surface area (Å²) in [4.78, 5) is 33.7. The first-order chi connectivity index (χ1) is 16.9. The Morgan fingerprint density at radius 1 is 1.11 bits per heavy atom. The van der Waals surface area contributed by atoms with E-state index in [1.165, 1.54) is 23.6 Å². The lowest BCUT2D eigenvalue weighted by Crippen LogP contribution is -2.40. The SMILES string of the molecule is Cc1nc(C)c(-c2csc(Nc3ccc(C(=O)N4CCC(c5ccc(F)cn5)=CC4C)cn3)n2)s1. The summed E-state index contributed by atoms with van der Waals surface area (Å²) in [7, 11) is 0. The zero-order valence-corrected chi connectivity index (χ0v) is 21.1. The number of carbonyl (C=O) groups is 1. The Bertz CT molecular complexity index is 1390. The summed E-state index contributed by atoms with van der Waals surface area (Å²) in [5.74, 6) is 0.183. The Kier molecular flexibility index (Phi) is 6.40. The minimum atomic E-state index is -0.360. The van der Waals surface area contributed by atoms with E-state index in [9.17, 15) is 9.18 Å². The minimum absolute atomic E-state index is 0.0773. The van der Waals surface area contributed by atoms with Crippen molar-refractivity contribution in [1.82, 2.24) is 24.8 Å². The molecule has 0 radical (unpaired) electrons. The second kappa shape index (κ2) is 9.63. The Morgan fingerprint density at radius 3 is 2.63 bits per heavy atom. The molecule has 1 unspecified atom stereocenters. The summed E-state index contributed by atoms with van der Waals surface area (Å²) in [6, 6.07) is 6.53. The molecule has 1 amide bonds. The van der Waals surface area contributed by atoms with Gasteiger partial charge in [0.2, 0.25) is 0 Å². The maximum atomic E-state index is 13.2. The largest absolute Gasteiger partial charge is 0.332 e. The van der Waals surface area contributed by atoms with Crippen LogP contribution in [-0.4, -0.2) is 43.3 Å². The van der Waals surface area contributed by atoms with Crippen molar-refractivity contribution in [3.8, 4) is 10.6 Å². The molecule has 35 heavy (non-hydrogen) atoms.